The van der Waals surface area contributed by atoms with Gasteiger partial charge in [-0.2, -0.15) is 0 Å². The van der Waals surface area contributed by atoms with Crippen LogP contribution in [0.1, 0.15) is 16.7 Å². The van der Waals surface area contributed by atoms with Gasteiger partial charge in [0.2, 0.25) is 5.91 Å². The van der Waals surface area contributed by atoms with E-state index >= 15 is 0 Å². The van der Waals surface area contributed by atoms with Crippen LogP contribution in [0, 0.1) is 12.7 Å². The molecule has 0 aliphatic carbocycles. The van der Waals surface area contributed by atoms with E-state index in [0.29, 0.717) is 18.8 Å². The number of aromatic nitrogens is 1. The fraction of sp³-hybridized carbons (Fsp3) is 0.143. The Morgan fingerprint density at radius 1 is 1.04 bits per heavy atom. The molecule has 0 saturated carbocycles. The molecule has 0 fully saturated rings. The molecule has 2 N–H and O–H groups in total. The fourth-order valence-corrected chi connectivity index (χ4v) is 2.57. The minimum absolute atomic E-state index is 0.102. The highest BCUT2D eigenvalue weighted by molar-refractivity contribution is 5.91. The predicted octanol–water partition coefficient (Wildman–Crippen LogP) is 4.32. The van der Waals surface area contributed by atoms with Crippen molar-refractivity contribution in [2.75, 3.05) is 10.6 Å². The van der Waals surface area contributed by atoms with Gasteiger partial charge in [0, 0.05) is 6.54 Å². The normalized spacial score (nSPS) is 10.4. The van der Waals surface area contributed by atoms with Gasteiger partial charge in [-0.3, -0.25) is 4.79 Å². The number of hydrogen-bond donors (Lipinski definition) is 2. The second-order valence-electron chi connectivity index (χ2n) is 6.13. The highest BCUT2D eigenvalue weighted by Crippen LogP contribution is 2.13. The van der Waals surface area contributed by atoms with Gasteiger partial charge in [-0.05, 0) is 42.3 Å². The monoisotopic (exact) mass is 349 g/mol. The number of rotatable bonds is 6. The predicted molar refractivity (Wildman–Crippen MR) is 101 cm³/mol. The lowest BCUT2D eigenvalue weighted by Gasteiger charge is -2.08. The Morgan fingerprint density at radius 3 is 2.54 bits per heavy atom. The summed E-state index contributed by atoms with van der Waals surface area (Å²) < 4.78 is 12.9. The molecule has 1 aromatic heterocycles. The number of nitrogens with one attached hydrogen (secondary N) is 2. The van der Waals surface area contributed by atoms with Crippen molar-refractivity contribution in [1.82, 2.24) is 4.98 Å². The quantitative estimate of drug-likeness (QED) is 0.697. The van der Waals surface area contributed by atoms with Gasteiger partial charge < -0.3 is 10.6 Å². The highest BCUT2D eigenvalue weighted by Gasteiger charge is 2.05. The minimum atomic E-state index is -0.249. The van der Waals surface area contributed by atoms with Crippen LogP contribution in [-0.2, 0) is 17.8 Å². The molecule has 0 radical (unpaired) electrons. The SMILES string of the molecule is Cc1cccc(CC(=O)Nc2ccc(NCc3ccc(F)cc3)cn2)c1. The number of benzene rings is 2. The third-order valence-electron chi connectivity index (χ3n) is 3.89. The minimum Gasteiger partial charge on any atom is -0.380 e. The summed E-state index contributed by atoms with van der Waals surface area (Å²) in [6.45, 7) is 2.57. The van der Waals surface area contributed by atoms with E-state index in [2.05, 4.69) is 15.6 Å². The smallest absolute Gasteiger partial charge is 0.229 e. The second kappa shape index (κ2) is 8.25. The number of pyridine rings is 1. The average molecular weight is 349 g/mol. The summed E-state index contributed by atoms with van der Waals surface area (Å²) in [5.74, 6) is 0.159. The second-order valence-corrected chi connectivity index (χ2v) is 6.13. The lowest BCUT2D eigenvalue weighted by molar-refractivity contribution is -0.115. The van der Waals surface area contributed by atoms with Crippen LogP contribution in [-0.4, -0.2) is 10.9 Å². The van der Waals surface area contributed by atoms with Gasteiger partial charge in [-0.15, -0.1) is 0 Å². The first kappa shape index (κ1) is 17.6. The molecule has 2 aromatic carbocycles. The van der Waals surface area contributed by atoms with E-state index in [0.717, 1.165) is 22.4 Å². The Kier molecular flexibility index (Phi) is 5.59. The molecule has 26 heavy (non-hydrogen) atoms. The maximum Gasteiger partial charge on any atom is 0.229 e. The number of carbonyl (C=O) groups excluding carboxylic acids is 1. The summed E-state index contributed by atoms with van der Waals surface area (Å²) >= 11 is 0. The Balaban J connectivity index is 1.52. The number of amides is 1. The Hall–Kier alpha value is -3.21. The first-order valence-electron chi connectivity index (χ1n) is 8.38. The van der Waals surface area contributed by atoms with Gasteiger partial charge in [0.25, 0.3) is 0 Å². The molecule has 4 nitrogen and oxygen atoms in total. The number of nitrogens with zero attached hydrogens (tertiary/aromatic N) is 1. The van der Waals surface area contributed by atoms with Crippen molar-refractivity contribution in [1.29, 1.82) is 0 Å². The summed E-state index contributed by atoms with van der Waals surface area (Å²) in [5, 5.41) is 6.01. The van der Waals surface area contributed by atoms with Crippen LogP contribution in [0.4, 0.5) is 15.9 Å². The maximum atomic E-state index is 12.9. The number of anilines is 2. The van der Waals surface area contributed by atoms with Crippen LogP contribution in [0.15, 0.2) is 66.9 Å². The van der Waals surface area contributed by atoms with Crippen LogP contribution < -0.4 is 10.6 Å². The third-order valence-corrected chi connectivity index (χ3v) is 3.89. The Bertz CT molecular complexity index is 877. The summed E-state index contributed by atoms with van der Waals surface area (Å²) in [4.78, 5) is 16.4. The van der Waals surface area contributed by atoms with Crippen molar-refractivity contribution < 1.29 is 9.18 Å². The standard InChI is InChI=1S/C21H20FN3O/c1-15-3-2-4-17(11-15)12-21(26)25-20-10-9-19(14-24-20)23-13-16-5-7-18(22)8-6-16/h2-11,14,23H,12-13H2,1H3,(H,24,25,26). The number of halogens is 1. The van der Waals surface area contributed by atoms with Crippen molar-refractivity contribution >= 4 is 17.4 Å². The molecule has 132 valence electrons. The summed E-state index contributed by atoms with van der Waals surface area (Å²) in [5.41, 5.74) is 3.90. The van der Waals surface area contributed by atoms with Gasteiger partial charge in [0.05, 0.1) is 18.3 Å². The number of aryl methyl sites for hydroxylation is 1. The number of carbonyl (C=O) groups is 1. The van der Waals surface area contributed by atoms with Gasteiger partial charge in [0.15, 0.2) is 0 Å². The molecule has 3 rings (SSSR count). The fourth-order valence-electron chi connectivity index (χ4n) is 2.57. The average Bonchev–Trinajstić information content (AvgIpc) is 2.62. The molecular formula is C21H20FN3O. The maximum absolute atomic E-state index is 12.9. The third kappa shape index (κ3) is 5.14. The molecule has 5 heteroatoms. The number of hydrogen-bond acceptors (Lipinski definition) is 3. The molecule has 3 aromatic rings. The van der Waals surface area contributed by atoms with Gasteiger partial charge >= 0.3 is 0 Å². The molecule has 0 spiro atoms. The van der Waals surface area contributed by atoms with Crippen molar-refractivity contribution in [3.63, 3.8) is 0 Å². The zero-order valence-electron chi connectivity index (χ0n) is 14.5. The van der Waals surface area contributed by atoms with E-state index in [1.165, 1.54) is 12.1 Å². The zero-order valence-corrected chi connectivity index (χ0v) is 14.5. The van der Waals surface area contributed by atoms with Gasteiger partial charge in [0.1, 0.15) is 11.6 Å². The summed E-state index contributed by atoms with van der Waals surface area (Å²) in [6, 6.07) is 17.8. The van der Waals surface area contributed by atoms with Gasteiger partial charge in [-0.1, -0.05) is 42.0 Å². The largest absolute Gasteiger partial charge is 0.380 e. The Labute approximate surface area is 152 Å². The van der Waals surface area contributed by atoms with E-state index in [9.17, 15) is 9.18 Å². The van der Waals surface area contributed by atoms with Crippen LogP contribution in [0.5, 0.6) is 0 Å². The Morgan fingerprint density at radius 2 is 1.85 bits per heavy atom. The molecule has 1 amide bonds. The van der Waals surface area contributed by atoms with Crippen LogP contribution in [0.2, 0.25) is 0 Å². The molecular weight excluding hydrogens is 329 g/mol. The van der Waals surface area contributed by atoms with Crippen LogP contribution in [0.25, 0.3) is 0 Å². The molecule has 1 heterocycles. The van der Waals surface area contributed by atoms with Crippen LogP contribution >= 0.6 is 0 Å². The van der Waals surface area contributed by atoms with Gasteiger partial charge in [-0.25, -0.2) is 9.37 Å². The lowest BCUT2D eigenvalue weighted by atomic mass is 10.1. The van der Waals surface area contributed by atoms with Crippen molar-refractivity contribution in [2.24, 2.45) is 0 Å². The molecule has 0 bridgehead atoms. The van der Waals surface area contributed by atoms with Crippen molar-refractivity contribution in [2.45, 2.75) is 19.9 Å². The topological polar surface area (TPSA) is 54.0 Å². The van der Waals surface area contributed by atoms with E-state index in [1.54, 1.807) is 24.4 Å². The van der Waals surface area contributed by atoms with E-state index < -0.39 is 0 Å². The summed E-state index contributed by atoms with van der Waals surface area (Å²) in [6.07, 6.45) is 1.97. The lowest BCUT2D eigenvalue weighted by Crippen LogP contribution is -2.15. The molecule has 0 aliphatic rings. The first-order chi connectivity index (χ1) is 12.6. The van der Waals surface area contributed by atoms with Crippen molar-refractivity contribution in [3.05, 3.63) is 89.4 Å². The zero-order chi connectivity index (χ0) is 18.4. The molecule has 0 unspecified atom stereocenters. The van der Waals surface area contributed by atoms with Crippen molar-refractivity contribution in [3.8, 4) is 0 Å². The highest BCUT2D eigenvalue weighted by atomic mass is 19.1. The molecule has 0 atom stereocenters. The first-order valence-corrected chi connectivity index (χ1v) is 8.38. The van der Waals surface area contributed by atoms with E-state index in [4.69, 9.17) is 0 Å². The summed E-state index contributed by atoms with van der Waals surface area (Å²) in [7, 11) is 0. The molecule has 0 saturated heterocycles. The molecule has 0 aliphatic heterocycles. The van der Waals surface area contributed by atoms with Crippen LogP contribution in [0.3, 0.4) is 0 Å². The van der Waals surface area contributed by atoms with E-state index in [1.807, 2.05) is 37.3 Å². The van der Waals surface area contributed by atoms with E-state index in [-0.39, 0.29) is 11.7 Å².